The number of benzene rings is 2. The normalized spacial score (nSPS) is 12.3. The number of amides is 2. The maximum absolute atomic E-state index is 13.1. The molecule has 43 heavy (non-hydrogen) atoms. The number of nitro groups is 1. The molecule has 0 spiro atoms. The number of nitrogens with one attached hydrogen (secondary N) is 2. The van der Waals surface area contributed by atoms with Crippen LogP contribution in [0.25, 0.3) is 10.8 Å². The van der Waals surface area contributed by atoms with Crippen molar-refractivity contribution in [3.63, 3.8) is 0 Å². The van der Waals surface area contributed by atoms with Crippen LogP contribution >= 0.6 is 0 Å². The van der Waals surface area contributed by atoms with Crippen molar-refractivity contribution in [3.8, 4) is 0 Å². The number of carbonyl (C=O) groups is 2. The lowest BCUT2D eigenvalue weighted by Crippen LogP contribution is -2.16. The third-order valence-corrected chi connectivity index (χ3v) is 8.63. The summed E-state index contributed by atoms with van der Waals surface area (Å²) in [5, 5.41) is 14.4. The zero-order chi connectivity index (χ0) is 32.2. The molecule has 0 fully saturated rings. The summed E-state index contributed by atoms with van der Waals surface area (Å²) >= 11 is 0. The summed E-state index contributed by atoms with van der Waals surface area (Å²) in [6, 6.07) is 4.66. The highest BCUT2D eigenvalue weighted by molar-refractivity contribution is 7.87. The van der Waals surface area contributed by atoms with E-state index in [1.165, 1.54) is 35.5 Å². The quantitative estimate of drug-likeness (QED) is 0.103. The van der Waals surface area contributed by atoms with Gasteiger partial charge in [0.25, 0.3) is 47.9 Å². The first-order chi connectivity index (χ1) is 19.7. The largest absolute Gasteiger partial charge is 0.344 e. The molecule has 228 valence electrons. The zero-order valence-electron chi connectivity index (χ0n) is 21.6. The fourth-order valence-corrected chi connectivity index (χ4v) is 6.19. The summed E-state index contributed by atoms with van der Waals surface area (Å²) in [6.07, 6.45) is 2.43. The molecule has 0 atom stereocenters. The van der Waals surface area contributed by atoms with Crippen LogP contribution in [-0.2, 0) is 44.4 Å². The standard InChI is InChI=1S/C22H19N5O13S3/c1-25-9-12(24-22(29)18-6-13(27(30)31)10-26(18)2)4-17(25)21(28)23-11-3-15-16(19(5-11)42(35,36)37)7-14(41(32,33)34)8-20(15)43(38,39)40/h3-10H,1-2H3,(H,23,28)(H,24,29)(H,32,33,34)(H,35,36,37)(H,38,39,40). The van der Waals surface area contributed by atoms with Crippen molar-refractivity contribution in [2.75, 3.05) is 10.6 Å². The molecule has 0 bridgehead atoms. The SMILES string of the molecule is Cn1cc(NC(=O)c2cc([N+](=O)[O-])cn2C)cc1C(=O)Nc1cc(S(=O)(=O)O)c2cc(S(=O)(=O)O)cc(S(=O)(=O)O)c2c1. The average Bonchev–Trinajstić information content (AvgIpc) is 3.43. The summed E-state index contributed by atoms with van der Waals surface area (Å²) in [5.41, 5.74) is -0.894. The number of fused-ring (bicyclic) bond motifs is 1. The number of hydrogen-bond acceptors (Lipinski definition) is 10. The van der Waals surface area contributed by atoms with Crippen LogP contribution in [0.4, 0.5) is 17.1 Å². The fraction of sp³-hybridized carbons (Fsp3) is 0.0909. The van der Waals surface area contributed by atoms with Crippen molar-refractivity contribution in [1.29, 1.82) is 0 Å². The molecule has 0 radical (unpaired) electrons. The predicted octanol–water partition coefficient (Wildman–Crippen LogP) is 1.67. The smallest absolute Gasteiger partial charge is 0.295 e. The predicted molar refractivity (Wildman–Crippen MR) is 147 cm³/mol. The van der Waals surface area contributed by atoms with Gasteiger partial charge < -0.3 is 19.8 Å². The molecule has 4 rings (SSSR count). The highest BCUT2D eigenvalue weighted by Gasteiger charge is 2.26. The van der Waals surface area contributed by atoms with E-state index >= 15 is 0 Å². The maximum Gasteiger partial charge on any atom is 0.295 e. The van der Waals surface area contributed by atoms with Gasteiger partial charge in [-0.2, -0.15) is 25.3 Å². The van der Waals surface area contributed by atoms with Gasteiger partial charge in [-0.25, -0.2) is 0 Å². The lowest BCUT2D eigenvalue weighted by atomic mass is 10.1. The Labute approximate surface area is 241 Å². The summed E-state index contributed by atoms with van der Waals surface area (Å²) < 4.78 is 103. The van der Waals surface area contributed by atoms with Crippen molar-refractivity contribution in [3.05, 3.63) is 70.3 Å². The lowest BCUT2D eigenvalue weighted by molar-refractivity contribution is -0.384. The van der Waals surface area contributed by atoms with Crippen molar-refractivity contribution >= 4 is 70.0 Å². The molecular weight excluding hydrogens is 638 g/mol. The van der Waals surface area contributed by atoms with Gasteiger partial charge >= 0.3 is 0 Å². The first-order valence-corrected chi connectivity index (χ1v) is 15.6. The second kappa shape index (κ2) is 10.6. The molecule has 5 N–H and O–H groups in total. The van der Waals surface area contributed by atoms with E-state index in [-0.39, 0.29) is 22.8 Å². The molecule has 0 aliphatic heterocycles. The summed E-state index contributed by atoms with van der Waals surface area (Å²) in [6.45, 7) is 0. The first-order valence-electron chi connectivity index (χ1n) is 11.3. The van der Waals surface area contributed by atoms with E-state index in [1.54, 1.807) is 0 Å². The van der Waals surface area contributed by atoms with Gasteiger partial charge in [0.1, 0.15) is 21.2 Å². The molecule has 0 saturated heterocycles. The molecule has 21 heteroatoms. The average molecular weight is 658 g/mol. The van der Waals surface area contributed by atoms with Crippen LogP contribution in [-0.4, -0.2) is 64.8 Å². The Bertz CT molecular complexity index is 2200. The number of hydrogen-bond donors (Lipinski definition) is 5. The van der Waals surface area contributed by atoms with E-state index in [0.29, 0.717) is 18.2 Å². The minimum Gasteiger partial charge on any atom is -0.344 e. The topological polar surface area (TPSA) is 274 Å². The first kappa shape index (κ1) is 31.3. The van der Waals surface area contributed by atoms with Crippen LogP contribution in [0.1, 0.15) is 21.0 Å². The molecule has 2 aromatic carbocycles. The van der Waals surface area contributed by atoms with Gasteiger partial charge in [0.05, 0.1) is 21.7 Å². The highest BCUT2D eigenvalue weighted by atomic mass is 32.2. The van der Waals surface area contributed by atoms with E-state index in [2.05, 4.69) is 10.6 Å². The second-order valence-corrected chi connectivity index (χ2v) is 13.2. The maximum atomic E-state index is 13.1. The molecule has 2 amide bonds. The molecule has 2 aromatic heterocycles. The van der Waals surface area contributed by atoms with E-state index in [0.717, 1.165) is 18.3 Å². The number of aryl methyl sites for hydroxylation is 2. The lowest BCUT2D eigenvalue weighted by Gasteiger charge is -2.13. The Morgan fingerprint density at radius 1 is 0.698 bits per heavy atom. The molecule has 0 unspecified atom stereocenters. The summed E-state index contributed by atoms with van der Waals surface area (Å²) in [5.74, 6) is -1.69. The van der Waals surface area contributed by atoms with E-state index in [9.17, 15) is 58.6 Å². The zero-order valence-corrected chi connectivity index (χ0v) is 24.1. The van der Waals surface area contributed by atoms with Crippen LogP contribution in [0, 0.1) is 10.1 Å². The fourth-order valence-electron chi connectivity index (χ4n) is 4.14. The van der Waals surface area contributed by atoms with Crippen molar-refractivity contribution in [2.24, 2.45) is 14.1 Å². The van der Waals surface area contributed by atoms with Crippen LogP contribution in [0.5, 0.6) is 0 Å². The van der Waals surface area contributed by atoms with Gasteiger partial charge in [-0.05, 0) is 30.3 Å². The Morgan fingerprint density at radius 3 is 1.70 bits per heavy atom. The third-order valence-electron chi connectivity index (χ3n) is 6.01. The van der Waals surface area contributed by atoms with Gasteiger partial charge in [-0.1, -0.05) is 0 Å². The van der Waals surface area contributed by atoms with Crippen LogP contribution < -0.4 is 10.6 Å². The van der Waals surface area contributed by atoms with Crippen LogP contribution in [0.15, 0.2) is 63.5 Å². The minimum atomic E-state index is -5.26. The Hall–Kier alpha value is -4.67. The monoisotopic (exact) mass is 657 g/mol. The van der Waals surface area contributed by atoms with Gasteiger partial charge in [-0.15, -0.1) is 0 Å². The van der Waals surface area contributed by atoms with Crippen LogP contribution in [0.3, 0.4) is 0 Å². The molecule has 0 aliphatic carbocycles. The summed E-state index contributed by atoms with van der Waals surface area (Å²) in [4.78, 5) is 32.7. The van der Waals surface area contributed by atoms with Gasteiger partial charge in [0.2, 0.25) is 0 Å². The second-order valence-electron chi connectivity index (χ2n) is 9.00. The Morgan fingerprint density at radius 2 is 1.19 bits per heavy atom. The third kappa shape index (κ3) is 6.40. The number of rotatable bonds is 8. The number of aromatic nitrogens is 2. The van der Waals surface area contributed by atoms with E-state index < -0.39 is 78.2 Å². The van der Waals surface area contributed by atoms with Gasteiger partial charge in [0.15, 0.2) is 0 Å². The Balaban J connectivity index is 1.75. The number of nitrogens with zero attached hydrogens (tertiary/aromatic N) is 3. The number of carbonyl (C=O) groups excluding carboxylic acids is 2. The van der Waals surface area contributed by atoms with Crippen molar-refractivity contribution in [2.45, 2.75) is 14.7 Å². The van der Waals surface area contributed by atoms with Gasteiger partial charge in [-0.3, -0.25) is 33.4 Å². The van der Waals surface area contributed by atoms with E-state index in [1.807, 2.05) is 0 Å². The van der Waals surface area contributed by atoms with Crippen molar-refractivity contribution < 1.29 is 53.4 Å². The molecule has 4 aromatic rings. The molecule has 0 aliphatic rings. The number of anilines is 2. The van der Waals surface area contributed by atoms with E-state index in [4.69, 9.17) is 0 Å². The van der Waals surface area contributed by atoms with Gasteiger partial charge in [0, 0.05) is 42.8 Å². The molecule has 18 nitrogen and oxygen atoms in total. The molecule has 2 heterocycles. The molecular formula is C22H19N5O13S3. The summed E-state index contributed by atoms with van der Waals surface area (Å²) in [7, 11) is -12.8. The van der Waals surface area contributed by atoms with Crippen LogP contribution in [0.2, 0.25) is 0 Å². The highest BCUT2D eigenvalue weighted by Crippen LogP contribution is 2.35. The Kier molecular flexibility index (Phi) is 7.67. The molecule has 0 saturated carbocycles. The van der Waals surface area contributed by atoms with Crippen molar-refractivity contribution in [1.82, 2.24) is 9.13 Å². The minimum absolute atomic E-state index is 0.0674.